The van der Waals surface area contributed by atoms with E-state index in [9.17, 15) is 14.7 Å². The average molecular weight is 335 g/mol. The zero-order valence-corrected chi connectivity index (χ0v) is 13.3. The molecule has 0 bridgehead atoms. The highest BCUT2D eigenvalue weighted by Gasteiger charge is 2.22. The molecular formula is C17H15ClO5. The Morgan fingerprint density at radius 1 is 1.13 bits per heavy atom. The second kappa shape index (κ2) is 7.15. The number of hydrogen-bond donors (Lipinski definition) is 1. The molecule has 0 amide bonds. The summed E-state index contributed by atoms with van der Waals surface area (Å²) in [5.74, 6) is -0.827. The van der Waals surface area contributed by atoms with Crippen LogP contribution in [0.15, 0.2) is 42.5 Å². The molecule has 0 aromatic heterocycles. The van der Waals surface area contributed by atoms with Crippen LogP contribution in [-0.2, 0) is 4.74 Å². The number of hydrogen-bond acceptors (Lipinski definition) is 5. The average Bonchev–Trinajstić information content (AvgIpc) is 2.54. The van der Waals surface area contributed by atoms with Gasteiger partial charge in [-0.25, -0.2) is 4.79 Å². The predicted octanol–water partition coefficient (Wildman–Crippen LogP) is 3.48. The van der Waals surface area contributed by atoms with Crippen LogP contribution in [0.4, 0.5) is 0 Å². The number of Topliss-reactive ketones (excluding diaryl/α,β-unsaturated/α-hetero) is 1. The normalized spacial score (nSPS) is 11.6. The molecule has 2 aromatic carbocycles. The van der Waals surface area contributed by atoms with Crippen LogP contribution >= 0.6 is 11.6 Å². The molecule has 0 aliphatic heterocycles. The highest BCUT2D eigenvalue weighted by Crippen LogP contribution is 2.23. The first-order valence-electron chi connectivity index (χ1n) is 6.80. The molecule has 0 saturated heterocycles. The van der Waals surface area contributed by atoms with E-state index in [-0.39, 0.29) is 17.1 Å². The summed E-state index contributed by atoms with van der Waals surface area (Å²) >= 11 is 5.71. The number of ether oxygens (including phenoxy) is 2. The lowest BCUT2D eigenvalue weighted by Crippen LogP contribution is -2.24. The molecule has 0 aliphatic carbocycles. The lowest BCUT2D eigenvalue weighted by molar-refractivity contribution is 0.0316. The van der Waals surface area contributed by atoms with Gasteiger partial charge < -0.3 is 14.6 Å². The van der Waals surface area contributed by atoms with E-state index in [1.807, 2.05) is 0 Å². The van der Waals surface area contributed by atoms with Gasteiger partial charge in [0.1, 0.15) is 17.1 Å². The van der Waals surface area contributed by atoms with Crippen LogP contribution in [0, 0.1) is 0 Å². The number of benzene rings is 2. The molecule has 0 aliphatic rings. The first kappa shape index (κ1) is 16.8. The van der Waals surface area contributed by atoms with E-state index < -0.39 is 12.1 Å². The smallest absolute Gasteiger partial charge is 0.342 e. The third-order valence-electron chi connectivity index (χ3n) is 3.21. The number of aromatic hydroxyl groups is 1. The summed E-state index contributed by atoms with van der Waals surface area (Å²) in [5.41, 5.74) is 0.343. The minimum Gasteiger partial charge on any atom is -0.507 e. The lowest BCUT2D eigenvalue weighted by Gasteiger charge is -2.13. The largest absolute Gasteiger partial charge is 0.507 e. The van der Waals surface area contributed by atoms with Gasteiger partial charge in [-0.05, 0) is 49.4 Å². The third kappa shape index (κ3) is 4.02. The minimum atomic E-state index is -0.994. The molecule has 0 radical (unpaired) electrons. The fourth-order valence-corrected chi connectivity index (χ4v) is 2.11. The van der Waals surface area contributed by atoms with Crippen LogP contribution in [0.25, 0.3) is 0 Å². The molecule has 6 heteroatoms. The number of rotatable bonds is 5. The Kier molecular flexibility index (Phi) is 5.24. The van der Waals surface area contributed by atoms with Gasteiger partial charge in [0, 0.05) is 10.6 Å². The van der Waals surface area contributed by atoms with Crippen molar-refractivity contribution in [2.24, 2.45) is 0 Å². The Balaban J connectivity index is 2.09. The van der Waals surface area contributed by atoms with E-state index in [0.29, 0.717) is 16.3 Å². The van der Waals surface area contributed by atoms with Crippen molar-refractivity contribution in [3.8, 4) is 11.5 Å². The Morgan fingerprint density at radius 3 is 2.35 bits per heavy atom. The monoisotopic (exact) mass is 334 g/mol. The Hall–Kier alpha value is -2.53. The zero-order valence-electron chi connectivity index (χ0n) is 12.6. The van der Waals surface area contributed by atoms with E-state index >= 15 is 0 Å². The highest BCUT2D eigenvalue weighted by atomic mass is 35.5. The van der Waals surface area contributed by atoms with Crippen LogP contribution in [0.2, 0.25) is 5.02 Å². The number of carbonyl (C=O) groups is 2. The summed E-state index contributed by atoms with van der Waals surface area (Å²) < 4.78 is 10.1. The summed E-state index contributed by atoms with van der Waals surface area (Å²) in [7, 11) is 1.53. The molecule has 23 heavy (non-hydrogen) atoms. The Labute approximate surface area is 138 Å². The maximum atomic E-state index is 12.2. The van der Waals surface area contributed by atoms with E-state index in [2.05, 4.69) is 0 Å². The first-order valence-corrected chi connectivity index (χ1v) is 7.18. The van der Waals surface area contributed by atoms with Crippen molar-refractivity contribution < 1.29 is 24.2 Å². The second-order valence-corrected chi connectivity index (χ2v) is 5.24. The van der Waals surface area contributed by atoms with Gasteiger partial charge in [0.05, 0.1) is 7.11 Å². The molecule has 5 nitrogen and oxygen atoms in total. The highest BCUT2D eigenvalue weighted by molar-refractivity contribution is 6.30. The Morgan fingerprint density at radius 2 is 1.78 bits per heavy atom. The summed E-state index contributed by atoms with van der Waals surface area (Å²) in [5, 5.41) is 10.00. The number of halogens is 1. The first-order chi connectivity index (χ1) is 10.9. The van der Waals surface area contributed by atoms with Gasteiger partial charge in [0.15, 0.2) is 6.10 Å². The van der Waals surface area contributed by atoms with Gasteiger partial charge in [-0.15, -0.1) is 0 Å². The van der Waals surface area contributed by atoms with Crippen molar-refractivity contribution in [1.82, 2.24) is 0 Å². The molecule has 0 heterocycles. The number of ketones is 1. The maximum absolute atomic E-state index is 12.2. The van der Waals surface area contributed by atoms with Crippen molar-refractivity contribution >= 4 is 23.4 Å². The fraction of sp³-hybridized carbons (Fsp3) is 0.176. The van der Waals surface area contributed by atoms with E-state index in [0.717, 1.165) is 0 Å². The van der Waals surface area contributed by atoms with Crippen LogP contribution in [-0.4, -0.2) is 30.1 Å². The molecule has 0 unspecified atom stereocenters. The molecule has 0 spiro atoms. The van der Waals surface area contributed by atoms with Gasteiger partial charge in [-0.3, -0.25) is 4.79 Å². The second-order valence-electron chi connectivity index (χ2n) is 4.80. The summed E-state index contributed by atoms with van der Waals surface area (Å²) in [4.78, 5) is 24.3. The van der Waals surface area contributed by atoms with Gasteiger partial charge >= 0.3 is 5.97 Å². The van der Waals surface area contributed by atoms with Gasteiger partial charge in [0.2, 0.25) is 5.78 Å². The molecule has 1 atom stereocenters. The van der Waals surface area contributed by atoms with Crippen molar-refractivity contribution in [2.75, 3.05) is 7.11 Å². The molecule has 2 rings (SSSR count). The predicted molar refractivity (Wildman–Crippen MR) is 85.3 cm³/mol. The zero-order chi connectivity index (χ0) is 17.0. The quantitative estimate of drug-likeness (QED) is 0.669. The van der Waals surface area contributed by atoms with Gasteiger partial charge in [-0.2, -0.15) is 0 Å². The number of carbonyl (C=O) groups excluding carboxylic acids is 2. The minimum absolute atomic E-state index is 0.0521. The third-order valence-corrected chi connectivity index (χ3v) is 3.44. The fourth-order valence-electron chi connectivity index (χ4n) is 1.94. The van der Waals surface area contributed by atoms with Gasteiger partial charge in [0.25, 0.3) is 0 Å². The number of methoxy groups -OCH3 is 1. The van der Waals surface area contributed by atoms with Crippen LogP contribution in [0.5, 0.6) is 11.5 Å². The van der Waals surface area contributed by atoms with Crippen molar-refractivity contribution in [3.05, 3.63) is 58.6 Å². The lowest BCUT2D eigenvalue weighted by atomic mass is 10.1. The molecular weight excluding hydrogens is 320 g/mol. The summed E-state index contributed by atoms with van der Waals surface area (Å²) in [6.07, 6.45) is -0.994. The van der Waals surface area contributed by atoms with Crippen molar-refractivity contribution in [2.45, 2.75) is 13.0 Å². The van der Waals surface area contributed by atoms with Crippen molar-refractivity contribution in [3.63, 3.8) is 0 Å². The van der Waals surface area contributed by atoms with E-state index in [1.165, 1.54) is 32.2 Å². The van der Waals surface area contributed by atoms with E-state index in [4.69, 9.17) is 21.1 Å². The van der Waals surface area contributed by atoms with Crippen molar-refractivity contribution in [1.29, 1.82) is 0 Å². The number of esters is 1. The molecule has 1 N–H and O–H groups in total. The summed E-state index contributed by atoms with van der Waals surface area (Å²) in [6, 6.07) is 10.5. The van der Waals surface area contributed by atoms with Crippen LogP contribution in [0.3, 0.4) is 0 Å². The summed E-state index contributed by atoms with van der Waals surface area (Å²) in [6.45, 7) is 1.47. The molecule has 120 valence electrons. The number of phenols is 1. The van der Waals surface area contributed by atoms with E-state index in [1.54, 1.807) is 24.3 Å². The molecule has 0 fully saturated rings. The van der Waals surface area contributed by atoms with Crippen LogP contribution in [0.1, 0.15) is 27.6 Å². The molecule has 0 saturated carbocycles. The SMILES string of the molecule is COc1ccc(C(=O)[C@@H](C)OC(=O)c2ccc(Cl)cc2O)cc1. The standard InChI is InChI=1S/C17H15ClO5/c1-10(16(20)11-3-6-13(22-2)7-4-11)23-17(21)14-8-5-12(18)9-15(14)19/h3-10,19H,1-2H3/t10-/m1/s1. The van der Waals surface area contributed by atoms with Crippen LogP contribution < -0.4 is 4.74 Å². The topological polar surface area (TPSA) is 72.8 Å². The maximum Gasteiger partial charge on any atom is 0.342 e. The molecule has 2 aromatic rings. The number of phenolic OH excluding ortho intramolecular Hbond substituents is 1. The van der Waals surface area contributed by atoms with Gasteiger partial charge in [-0.1, -0.05) is 11.6 Å². The Bertz CT molecular complexity index is 724.